The van der Waals surface area contributed by atoms with Gasteiger partial charge in [0.25, 0.3) is 0 Å². The minimum absolute atomic E-state index is 0. The number of halogens is 2. The third-order valence-electron chi connectivity index (χ3n) is 5.08. The van der Waals surface area contributed by atoms with E-state index in [4.69, 9.17) is 5.73 Å². The number of hydrogen-bond donors (Lipinski definition) is 3. The Morgan fingerprint density at radius 3 is 1.31 bits per heavy atom. The molecule has 0 saturated heterocycles. The normalized spacial score (nSPS) is 11.7. The number of nitrogens with two attached hydrogens (primary N) is 1. The van der Waals surface area contributed by atoms with Gasteiger partial charge in [0.05, 0.1) is 12.4 Å². The van der Waals surface area contributed by atoms with E-state index in [-0.39, 0.29) is 41.6 Å². The first kappa shape index (κ1) is 29.9. The van der Waals surface area contributed by atoms with Gasteiger partial charge >= 0.3 is 0 Å². The first-order chi connectivity index (χ1) is 15.5. The Kier molecular flexibility index (Phi) is 10.7. The van der Waals surface area contributed by atoms with Gasteiger partial charge in [0.2, 0.25) is 5.95 Å². The third kappa shape index (κ3) is 9.19. The highest BCUT2D eigenvalue weighted by atomic mass is 35.5. The summed E-state index contributed by atoms with van der Waals surface area (Å²) in [6.45, 7) is 13.1. The molecule has 0 spiro atoms. The zero-order chi connectivity index (χ0) is 24.1. The van der Waals surface area contributed by atoms with Crippen LogP contribution in [0.5, 0.6) is 0 Å². The van der Waals surface area contributed by atoms with Crippen LogP contribution in [0.15, 0.2) is 64.8 Å². The molecule has 2 aromatic carbocycles. The highest BCUT2D eigenvalue weighted by Crippen LogP contribution is 2.22. The monoisotopic (exact) mass is 515 g/mol. The minimum Gasteiger partial charge on any atom is -0.368 e. The zero-order valence-electron chi connectivity index (χ0n) is 21.0. The maximum Gasteiger partial charge on any atom is 0.224 e. The van der Waals surface area contributed by atoms with E-state index in [2.05, 4.69) is 96.8 Å². The average Bonchev–Trinajstić information content (AvgIpc) is 2.73. The number of rotatable bonds is 6. The molecular weight excluding hydrogens is 481 g/mol. The van der Waals surface area contributed by atoms with Gasteiger partial charge in [-0.2, -0.15) is 20.2 Å². The fourth-order valence-electron chi connectivity index (χ4n) is 3.06. The van der Waals surface area contributed by atoms with Gasteiger partial charge in [0.1, 0.15) is 0 Å². The third-order valence-corrected chi connectivity index (χ3v) is 5.08. The van der Waals surface area contributed by atoms with E-state index < -0.39 is 0 Å². The molecule has 3 aromatic rings. The molecule has 7 nitrogen and oxygen atoms in total. The second-order valence-corrected chi connectivity index (χ2v) is 9.98. The molecule has 188 valence electrons. The molecule has 0 saturated carbocycles. The summed E-state index contributed by atoms with van der Waals surface area (Å²) in [5.41, 5.74) is 16.4. The molecule has 1 aromatic heterocycles. The fraction of sp³-hybridized carbons (Fsp3) is 0.308. The Bertz CT molecular complexity index is 1040. The number of aromatic nitrogens is 2. The van der Waals surface area contributed by atoms with Gasteiger partial charge in [-0.3, -0.25) is 10.9 Å². The molecule has 35 heavy (non-hydrogen) atoms. The minimum atomic E-state index is 0. The van der Waals surface area contributed by atoms with Crippen LogP contribution in [0.4, 0.5) is 17.6 Å². The fourth-order valence-corrected chi connectivity index (χ4v) is 3.06. The smallest absolute Gasteiger partial charge is 0.224 e. The standard InChI is InChI=1S/C26H33N7.2ClH/c1-25(2,3)20-11-7-18(8-12-20)16-28-32-22-15-23(31-24(27)30-22)33-29-17-19-9-13-21(14-10-19)26(4,5)6;;/h7-17H,1-6H3,(H4,27,30,31,32,33);2*1H. The van der Waals surface area contributed by atoms with Crippen molar-refractivity contribution in [2.45, 2.75) is 52.4 Å². The molecule has 0 aliphatic heterocycles. The van der Waals surface area contributed by atoms with Crippen molar-refractivity contribution < 1.29 is 0 Å². The average molecular weight is 517 g/mol. The van der Waals surface area contributed by atoms with E-state index in [1.54, 1.807) is 18.5 Å². The van der Waals surface area contributed by atoms with E-state index in [9.17, 15) is 0 Å². The van der Waals surface area contributed by atoms with Crippen LogP contribution in [-0.2, 0) is 10.8 Å². The summed E-state index contributed by atoms with van der Waals surface area (Å²) in [4.78, 5) is 8.32. The number of anilines is 3. The van der Waals surface area contributed by atoms with Gasteiger partial charge < -0.3 is 5.73 Å². The van der Waals surface area contributed by atoms with Crippen LogP contribution in [0.3, 0.4) is 0 Å². The second-order valence-electron chi connectivity index (χ2n) is 9.98. The van der Waals surface area contributed by atoms with Crippen LogP contribution >= 0.6 is 24.8 Å². The first-order valence-corrected chi connectivity index (χ1v) is 10.9. The van der Waals surface area contributed by atoms with E-state index in [0.717, 1.165) is 11.1 Å². The van der Waals surface area contributed by atoms with Crippen molar-refractivity contribution in [2.75, 3.05) is 16.6 Å². The van der Waals surface area contributed by atoms with Crippen LogP contribution in [0.25, 0.3) is 0 Å². The molecule has 4 N–H and O–H groups in total. The Morgan fingerprint density at radius 2 is 1.00 bits per heavy atom. The summed E-state index contributed by atoms with van der Waals surface area (Å²) < 4.78 is 0. The summed E-state index contributed by atoms with van der Waals surface area (Å²) in [5, 5.41) is 8.51. The maximum absolute atomic E-state index is 5.83. The van der Waals surface area contributed by atoms with Crippen molar-refractivity contribution in [2.24, 2.45) is 10.2 Å². The quantitative estimate of drug-likeness (QED) is 0.260. The van der Waals surface area contributed by atoms with E-state index in [0.29, 0.717) is 11.6 Å². The molecule has 0 bridgehead atoms. The Balaban J connectivity index is 0.00000306. The molecule has 0 aliphatic rings. The van der Waals surface area contributed by atoms with Crippen molar-refractivity contribution in [1.82, 2.24) is 9.97 Å². The highest BCUT2D eigenvalue weighted by molar-refractivity contribution is 5.85. The number of nitrogen functional groups attached to an aromatic ring is 1. The Hall–Kier alpha value is -3.16. The van der Waals surface area contributed by atoms with E-state index in [1.807, 2.05) is 24.3 Å². The summed E-state index contributed by atoms with van der Waals surface area (Å²) in [6, 6.07) is 18.3. The van der Waals surface area contributed by atoms with Gasteiger partial charge in [-0.1, -0.05) is 90.1 Å². The van der Waals surface area contributed by atoms with Crippen LogP contribution in [0.1, 0.15) is 63.8 Å². The lowest BCUT2D eigenvalue weighted by Gasteiger charge is -2.18. The maximum atomic E-state index is 5.83. The van der Waals surface area contributed by atoms with Crippen molar-refractivity contribution in [3.63, 3.8) is 0 Å². The van der Waals surface area contributed by atoms with Gasteiger partial charge in [-0.15, -0.1) is 24.8 Å². The number of nitrogens with one attached hydrogen (secondary N) is 2. The molecule has 0 fully saturated rings. The Morgan fingerprint density at radius 1 is 0.657 bits per heavy atom. The Labute approximate surface area is 220 Å². The van der Waals surface area contributed by atoms with Crippen molar-refractivity contribution >= 4 is 54.8 Å². The molecule has 0 unspecified atom stereocenters. The lowest BCUT2D eigenvalue weighted by atomic mass is 9.87. The summed E-state index contributed by atoms with van der Waals surface area (Å²) in [5.74, 6) is 1.06. The predicted molar refractivity (Wildman–Crippen MR) is 154 cm³/mol. The molecule has 0 amide bonds. The molecule has 0 aliphatic carbocycles. The second kappa shape index (κ2) is 12.5. The topological polar surface area (TPSA) is 101 Å². The molecule has 9 heteroatoms. The number of hydrogen-bond acceptors (Lipinski definition) is 7. The number of benzene rings is 2. The number of nitrogens with zero attached hydrogens (tertiary/aromatic N) is 4. The van der Waals surface area contributed by atoms with Gasteiger partial charge in [0, 0.05) is 6.07 Å². The van der Waals surface area contributed by atoms with Gasteiger partial charge in [0.15, 0.2) is 11.6 Å². The lowest BCUT2D eigenvalue weighted by molar-refractivity contribution is 0.590. The van der Waals surface area contributed by atoms with Crippen LogP contribution < -0.4 is 16.6 Å². The van der Waals surface area contributed by atoms with Crippen molar-refractivity contribution in [3.05, 3.63) is 76.9 Å². The largest absolute Gasteiger partial charge is 0.368 e. The highest BCUT2D eigenvalue weighted by Gasteiger charge is 2.13. The SMILES string of the molecule is CC(C)(C)c1ccc(C=NNc2cc(NN=Cc3ccc(C(C)(C)C)cc3)nc(N)n2)cc1.Cl.Cl. The van der Waals surface area contributed by atoms with Crippen LogP contribution in [0.2, 0.25) is 0 Å². The van der Waals surface area contributed by atoms with Gasteiger partial charge in [-0.25, -0.2) is 0 Å². The van der Waals surface area contributed by atoms with E-state index >= 15 is 0 Å². The number of hydrazone groups is 2. The first-order valence-electron chi connectivity index (χ1n) is 10.9. The summed E-state index contributed by atoms with van der Waals surface area (Å²) >= 11 is 0. The summed E-state index contributed by atoms with van der Waals surface area (Å²) in [7, 11) is 0. The van der Waals surface area contributed by atoms with Crippen molar-refractivity contribution in [1.29, 1.82) is 0 Å². The van der Waals surface area contributed by atoms with Gasteiger partial charge in [-0.05, 0) is 33.1 Å². The zero-order valence-corrected chi connectivity index (χ0v) is 22.7. The van der Waals surface area contributed by atoms with Crippen LogP contribution in [0, 0.1) is 0 Å². The molecule has 3 rings (SSSR count). The molecule has 0 radical (unpaired) electrons. The predicted octanol–water partition coefficient (Wildman–Crippen LogP) is 6.39. The molecule has 0 atom stereocenters. The van der Waals surface area contributed by atoms with Crippen LogP contribution in [-0.4, -0.2) is 22.4 Å². The lowest BCUT2D eigenvalue weighted by Crippen LogP contribution is -2.10. The summed E-state index contributed by atoms with van der Waals surface area (Å²) in [6.07, 6.45) is 3.47. The van der Waals surface area contributed by atoms with Crippen molar-refractivity contribution in [3.8, 4) is 0 Å². The van der Waals surface area contributed by atoms with E-state index in [1.165, 1.54) is 11.1 Å². The molecular formula is C26H35Cl2N7. The molecule has 1 heterocycles.